The number of benzene rings is 1. The molecule has 7 heteroatoms. The Morgan fingerprint density at radius 3 is 2.40 bits per heavy atom. The molecule has 0 bridgehead atoms. The molecule has 0 unspecified atom stereocenters. The zero-order chi connectivity index (χ0) is 14.4. The molecule has 0 saturated heterocycles. The summed E-state index contributed by atoms with van der Waals surface area (Å²) in [5, 5.41) is 8.59. The Labute approximate surface area is 114 Å². The third kappa shape index (κ3) is 1.49. The summed E-state index contributed by atoms with van der Waals surface area (Å²) in [5.41, 5.74) is 0.545. The number of hydrogen-bond acceptors (Lipinski definition) is 5. The first kappa shape index (κ1) is 12.5. The molecule has 0 atom stereocenters. The summed E-state index contributed by atoms with van der Waals surface area (Å²) in [7, 11) is 4.76. The van der Waals surface area contributed by atoms with Gasteiger partial charge in [0.25, 0.3) is 5.56 Å². The average Bonchev–Trinajstić information content (AvgIpc) is 2.85. The van der Waals surface area contributed by atoms with Crippen molar-refractivity contribution >= 4 is 16.7 Å². The van der Waals surface area contributed by atoms with Gasteiger partial charge in [0.05, 0.1) is 25.1 Å². The van der Waals surface area contributed by atoms with Crippen LogP contribution in [-0.4, -0.2) is 33.4 Å². The molecular formula is C13H14N4O3. The maximum atomic E-state index is 12.4. The van der Waals surface area contributed by atoms with Gasteiger partial charge in [-0.1, -0.05) is 0 Å². The molecule has 2 heterocycles. The van der Waals surface area contributed by atoms with E-state index in [1.807, 2.05) is 11.3 Å². The van der Waals surface area contributed by atoms with Crippen LogP contribution in [0, 0.1) is 6.92 Å². The molecule has 0 amide bonds. The van der Waals surface area contributed by atoms with Crippen molar-refractivity contribution < 1.29 is 9.47 Å². The molecule has 0 fully saturated rings. The van der Waals surface area contributed by atoms with Gasteiger partial charge >= 0.3 is 0 Å². The lowest BCUT2D eigenvalue weighted by Crippen LogP contribution is -2.20. The Morgan fingerprint density at radius 1 is 1.10 bits per heavy atom. The van der Waals surface area contributed by atoms with Crippen LogP contribution >= 0.6 is 0 Å². The normalized spacial score (nSPS) is 11.2. The number of rotatable bonds is 2. The molecule has 1 aromatic carbocycles. The topological polar surface area (TPSA) is 70.7 Å². The SMILES string of the molecule is COc1cc2c(=O)n(C)c3nnc(C)n3c2cc1OC. The first-order valence-electron chi connectivity index (χ1n) is 6.05. The fourth-order valence-electron chi connectivity index (χ4n) is 2.35. The molecule has 0 aliphatic rings. The largest absolute Gasteiger partial charge is 0.493 e. The molecule has 3 rings (SSSR count). The first-order chi connectivity index (χ1) is 9.58. The molecular weight excluding hydrogens is 260 g/mol. The molecule has 3 aromatic rings. The van der Waals surface area contributed by atoms with Crippen molar-refractivity contribution in [3.8, 4) is 11.5 Å². The average molecular weight is 274 g/mol. The van der Waals surface area contributed by atoms with Gasteiger partial charge in [0, 0.05) is 13.1 Å². The zero-order valence-electron chi connectivity index (χ0n) is 11.7. The van der Waals surface area contributed by atoms with E-state index in [2.05, 4.69) is 10.2 Å². The quantitative estimate of drug-likeness (QED) is 0.694. The van der Waals surface area contributed by atoms with Gasteiger partial charge in [-0.05, 0) is 13.0 Å². The highest BCUT2D eigenvalue weighted by molar-refractivity contribution is 5.84. The van der Waals surface area contributed by atoms with Crippen LogP contribution < -0.4 is 15.0 Å². The molecule has 0 aliphatic heterocycles. The number of aryl methyl sites for hydroxylation is 2. The van der Waals surface area contributed by atoms with Crippen molar-refractivity contribution in [1.29, 1.82) is 0 Å². The molecule has 0 spiro atoms. The number of hydrogen-bond donors (Lipinski definition) is 0. The van der Waals surface area contributed by atoms with Crippen molar-refractivity contribution in [2.45, 2.75) is 6.92 Å². The highest BCUT2D eigenvalue weighted by Crippen LogP contribution is 2.31. The van der Waals surface area contributed by atoms with E-state index >= 15 is 0 Å². The number of fused-ring (bicyclic) bond motifs is 3. The van der Waals surface area contributed by atoms with Crippen LogP contribution in [0.1, 0.15) is 5.82 Å². The Kier molecular flexibility index (Phi) is 2.63. The highest BCUT2D eigenvalue weighted by Gasteiger charge is 2.16. The van der Waals surface area contributed by atoms with Crippen molar-refractivity contribution in [3.05, 3.63) is 28.3 Å². The smallest absolute Gasteiger partial charge is 0.262 e. The molecule has 104 valence electrons. The third-order valence-corrected chi connectivity index (χ3v) is 3.39. The first-order valence-corrected chi connectivity index (χ1v) is 6.05. The molecule has 0 radical (unpaired) electrons. The molecule has 0 saturated carbocycles. The summed E-state index contributed by atoms with van der Waals surface area (Å²) >= 11 is 0. The zero-order valence-corrected chi connectivity index (χ0v) is 11.7. The second kappa shape index (κ2) is 4.22. The van der Waals surface area contributed by atoms with Crippen LogP contribution in [0.3, 0.4) is 0 Å². The lowest BCUT2D eigenvalue weighted by atomic mass is 10.2. The fraction of sp³-hybridized carbons (Fsp3) is 0.308. The Hall–Kier alpha value is -2.57. The standard InChI is InChI=1S/C13H14N4O3/c1-7-14-15-13-16(2)12(18)8-5-10(19-3)11(20-4)6-9(8)17(7)13/h5-6H,1-4H3. The Bertz CT molecular complexity index is 879. The number of aromatic nitrogens is 4. The summed E-state index contributed by atoms with van der Waals surface area (Å²) in [6.45, 7) is 1.83. The van der Waals surface area contributed by atoms with Crippen molar-refractivity contribution in [1.82, 2.24) is 19.2 Å². The maximum absolute atomic E-state index is 12.4. The van der Waals surface area contributed by atoms with E-state index in [0.717, 1.165) is 0 Å². The van der Waals surface area contributed by atoms with Gasteiger partial charge in [0.1, 0.15) is 5.82 Å². The fourth-order valence-corrected chi connectivity index (χ4v) is 2.35. The van der Waals surface area contributed by atoms with Gasteiger partial charge < -0.3 is 9.47 Å². The number of methoxy groups -OCH3 is 2. The van der Waals surface area contributed by atoms with Crippen LogP contribution in [0.15, 0.2) is 16.9 Å². The summed E-state index contributed by atoms with van der Waals surface area (Å²) in [4.78, 5) is 12.4. The highest BCUT2D eigenvalue weighted by atomic mass is 16.5. The minimum Gasteiger partial charge on any atom is -0.493 e. The monoisotopic (exact) mass is 274 g/mol. The van der Waals surface area contributed by atoms with Crippen LogP contribution in [0.5, 0.6) is 11.5 Å². The summed E-state index contributed by atoms with van der Waals surface area (Å²) in [6.07, 6.45) is 0. The van der Waals surface area contributed by atoms with Crippen molar-refractivity contribution in [2.75, 3.05) is 14.2 Å². The van der Waals surface area contributed by atoms with E-state index in [4.69, 9.17) is 9.47 Å². The third-order valence-electron chi connectivity index (χ3n) is 3.39. The molecule has 2 aromatic heterocycles. The van der Waals surface area contributed by atoms with Gasteiger partial charge in [-0.15, -0.1) is 10.2 Å². The van der Waals surface area contributed by atoms with Crippen molar-refractivity contribution in [2.24, 2.45) is 7.05 Å². The predicted molar refractivity (Wildman–Crippen MR) is 73.6 cm³/mol. The second-order valence-corrected chi connectivity index (χ2v) is 4.47. The van der Waals surface area contributed by atoms with Gasteiger partial charge in [0.2, 0.25) is 5.78 Å². The minimum atomic E-state index is -0.152. The second-order valence-electron chi connectivity index (χ2n) is 4.47. The van der Waals surface area contributed by atoms with Crippen LogP contribution in [0.4, 0.5) is 0 Å². The van der Waals surface area contributed by atoms with E-state index in [-0.39, 0.29) is 5.56 Å². The van der Waals surface area contributed by atoms with E-state index < -0.39 is 0 Å². The molecule has 0 N–H and O–H groups in total. The molecule has 20 heavy (non-hydrogen) atoms. The molecule has 7 nitrogen and oxygen atoms in total. The summed E-state index contributed by atoms with van der Waals surface area (Å²) in [6, 6.07) is 3.44. The number of nitrogens with zero attached hydrogens (tertiary/aromatic N) is 4. The summed E-state index contributed by atoms with van der Waals surface area (Å²) < 4.78 is 13.8. The van der Waals surface area contributed by atoms with Gasteiger partial charge in [-0.3, -0.25) is 13.8 Å². The Balaban J connectivity index is 2.61. The van der Waals surface area contributed by atoms with Gasteiger partial charge in [-0.25, -0.2) is 0 Å². The summed E-state index contributed by atoms with van der Waals surface area (Å²) in [5.74, 6) is 2.27. The van der Waals surface area contributed by atoms with Crippen molar-refractivity contribution in [3.63, 3.8) is 0 Å². The lowest BCUT2D eigenvalue weighted by Gasteiger charge is -2.11. The van der Waals surface area contributed by atoms with E-state index in [1.54, 1.807) is 26.3 Å². The van der Waals surface area contributed by atoms with E-state index in [9.17, 15) is 4.79 Å². The molecule has 0 aliphatic carbocycles. The van der Waals surface area contributed by atoms with Gasteiger partial charge in [0.15, 0.2) is 11.5 Å². The lowest BCUT2D eigenvalue weighted by molar-refractivity contribution is 0.355. The Morgan fingerprint density at radius 2 is 1.75 bits per heavy atom. The van der Waals surface area contributed by atoms with Crippen LogP contribution in [-0.2, 0) is 7.05 Å². The van der Waals surface area contributed by atoms with E-state index in [0.29, 0.717) is 34.0 Å². The van der Waals surface area contributed by atoms with Crippen LogP contribution in [0.25, 0.3) is 16.7 Å². The number of ether oxygens (including phenoxy) is 2. The minimum absolute atomic E-state index is 0.152. The van der Waals surface area contributed by atoms with Crippen LogP contribution in [0.2, 0.25) is 0 Å². The predicted octanol–water partition coefficient (Wildman–Crippen LogP) is 0.907. The van der Waals surface area contributed by atoms with E-state index in [1.165, 1.54) is 11.7 Å². The van der Waals surface area contributed by atoms with Gasteiger partial charge in [-0.2, -0.15) is 0 Å². The maximum Gasteiger partial charge on any atom is 0.262 e.